The summed E-state index contributed by atoms with van der Waals surface area (Å²) in [5, 5.41) is 19.5. The fourth-order valence-electron chi connectivity index (χ4n) is 3.88. The molecule has 0 fully saturated rings. The molecule has 0 saturated carbocycles. The predicted octanol–water partition coefficient (Wildman–Crippen LogP) is 5.12. The quantitative estimate of drug-likeness (QED) is 0.409. The van der Waals surface area contributed by atoms with Crippen molar-refractivity contribution < 1.29 is 31.8 Å². The fourth-order valence-corrected chi connectivity index (χ4v) is 4.74. The van der Waals surface area contributed by atoms with Crippen LogP contribution >= 0.6 is 11.3 Å². The highest BCUT2D eigenvalue weighted by molar-refractivity contribution is 7.15. The van der Waals surface area contributed by atoms with E-state index in [1.807, 2.05) is 12.1 Å². The molecule has 2 aromatic heterocycles. The van der Waals surface area contributed by atoms with Gasteiger partial charge in [0.05, 0.1) is 5.69 Å². The average molecular weight is 524 g/mol. The lowest BCUT2D eigenvalue weighted by atomic mass is 9.86. The maximum Gasteiger partial charge on any atom is 0.573 e. The number of methoxy groups -OCH3 is 1. The number of ether oxygens (including phenoxy) is 2. The number of halogens is 4. The number of carbonyl (C=O) groups excluding carboxylic acids is 1. The van der Waals surface area contributed by atoms with E-state index < -0.39 is 35.5 Å². The molecule has 3 aromatic rings. The van der Waals surface area contributed by atoms with E-state index in [-0.39, 0.29) is 5.13 Å². The number of nitrogens with one attached hydrogen (secondary N) is 1. The van der Waals surface area contributed by atoms with Gasteiger partial charge in [-0.05, 0) is 61.1 Å². The summed E-state index contributed by atoms with van der Waals surface area (Å²) in [6.07, 6.45) is 0.592. The first kappa shape index (κ1) is 25.6. The molecule has 13 heteroatoms. The third kappa shape index (κ3) is 6.61. The van der Waals surface area contributed by atoms with Gasteiger partial charge in [0, 0.05) is 25.3 Å². The largest absolute Gasteiger partial charge is 0.573 e. The summed E-state index contributed by atoms with van der Waals surface area (Å²) >= 11 is 1.17. The lowest BCUT2D eigenvalue weighted by Crippen LogP contribution is -2.24. The van der Waals surface area contributed by atoms with Gasteiger partial charge in [0.25, 0.3) is 5.91 Å². The lowest BCUT2D eigenvalue weighted by Gasteiger charge is -2.20. The molecular formula is C23H21F4N5O3S. The van der Waals surface area contributed by atoms with Crippen molar-refractivity contribution in [3.8, 4) is 5.75 Å². The molecule has 2 heterocycles. The second kappa shape index (κ2) is 11.1. The summed E-state index contributed by atoms with van der Waals surface area (Å²) in [4.78, 5) is 12.7. The Kier molecular flexibility index (Phi) is 7.89. The molecule has 1 aliphatic rings. The Morgan fingerprint density at radius 2 is 2.08 bits per heavy atom. The molecular weight excluding hydrogens is 502 g/mol. The van der Waals surface area contributed by atoms with Crippen LogP contribution < -0.4 is 10.1 Å². The molecule has 0 saturated heterocycles. The van der Waals surface area contributed by atoms with E-state index in [4.69, 9.17) is 4.74 Å². The molecule has 36 heavy (non-hydrogen) atoms. The summed E-state index contributed by atoms with van der Waals surface area (Å²) < 4.78 is 60.7. The number of carbonyl (C=O) groups is 1. The monoisotopic (exact) mass is 523 g/mol. The Morgan fingerprint density at radius 3 is 2.75 bits per heavy atom. The van der Waals surface area contributed by atoms with Crippen LogP contribution in [0.4, 0.5) is 22.7 Å². The maximum atomic E-state index is 14.3. The van der Waals surface area contributed by atoms with Gasteiger partial charge in [-0.3, -0.25) is 10.1 Å². The molecule has 0 aliphatic heterocycles. The van der Waals surface area contributed by atoms with Crippen LogP contribution in [-0.2, 0) is 16.0 Å². The van der Waals surface area contributed by atoms with Gasteiger partial charge in [0.2, 0.25) is 5.13 Å². The minimum atomic E-state index is -4.96. The van der Waals surface area contributed by atoms with Crippen LogP contribution in [0.2, 0.25) is 0 Å². The molecule has 0 radical (unpaired) electrons. The third-order valence-electron chi connectivity index (χ3n) is 5.54. The van der Waals surface area contributed by atoms with E-state index in [2.05, 4.69) is 36.5 Å². The zero-order chi connectivity index (χ0) is 25.7. The van der Waals surface area contributed by atoms with Crippen molar-refractivity contribution in [1.82, 2.24) is 20.4 Å². The zero-order valence-corrected chi connectivity index (χ0v) is 19.8. The van der Waals surface area contributed by atoms with E-state index in [0.717, 1.165) is 55.8 Å². The highest BCUT2D eigenvalue weighted by Gasteiger charge is 2.32. The Morgan fingerprint density at radius 1 is 1.25 bits per heavy atom. The Balaban J connectivity index is 1.38. The summed E-state index contributed by atoms with van der Waals surface area (Å²) in [6.45, 7) is 0. The molecule has 0 spiro atoms. The van der Waals surface area contributed by atoms with Crippen molar-refractivity contribution in [1.29, 1.82) is 0 Å². The van der Waals surface area contributed by atoms with Crippen molar-refractivity contribution in [3.05, 3.63) is 64.7 Å². The van der Waals surface area contributed by atoms with Crippen molar-refractivity contribution in [2.24, 2.45) is 5.92 Å². The number of benzene rings is 1. The smallest absolute Gasteiger partial charge is 0.406 e. The van der Waals surface area contributed by atoms with Gasteiger partial charge in [-0.25, -0.2) is 4.39 Å². The average Bonchev–Trinajstić information content (AvgIpc) is 3.28. The lowest BCUT2D eigenvalue weighted by molar-refractivity contribution is -0.274. The first-order valence-corrected chi connectivity index (χ1v) is 11.7. The van der Waals surface area contributed by atoms with Crippen molar-refractivity contribution >= 4 is 27.9 Å². The van der Waals surface area contributed by atoms with E-state index in [9.17, 15) is 22.4 Å². The van der Waals surface area contributed by atoms with Crippen LogP contribution in [0.1, 0.15) is 41.6 Å². The Bertz CT molecular complexity index is 1240. The molecule has 0 unspecified atom stereocenters. The molecule has 1 aromatic carbocycles. The molecule has 8 nitrogen and oxygen atoms in total. The molecule has 1 N–H and O–H groups in total. The van der Waals surface area contributed by atoms with E-state index >= 15 is 0 Å². The Labute approximate surface area is 207 Å². The minimum Gasteiger partial charge on any atom is -0.406 e. The first-order valence-electron chi connectivity index (χ1n) is 10.9. The van der Waals surface area contributed by atoms with Crippen molar-refractivity contribution in [3.63, 3.8) is 0 Å². The third-order valence-corrected chi connectivity index (χ3v) is 6.40. The number of aromatic nitrogens is 4. The van der Waals surface area contributed by atoms with Gasteiger partial charge in [0.1, 0.15) is 16.6 Å². The van der Waals surface area contributed by atoms with Gasteiger partial charge in [-0.2, -0.15) is 10.2 Å². The first-order chi connectivity index (χ1) is 17.2. The van der Waals surface area contributed by atoms with Gasteiger partial charge in [0.15, 0.2) is 6.10 Å². The van der Waals surface area contributed by atoms with Crippen molar-refractivity contribution in [2.75, 3.05) is 12.4 Å². The summed E-state index contributed by atoms with van der Waals surface area (Å²) in [5.74, 6) is -2.05. The summed E-state index contributed by atoms with van der Waals surface area (Å²) in [7, 11) is 1.14. The second-order valence-electron chi connectivity index (χ2n) is 8.02. The van der Waals surface area contributed by atoms with Gasteiger partial charge < -0.3 is 9.47 Å². The SMILES string of the molecule is CO[C@H](C(=O)Nc1nnc(C[C@H]2CC=C(c3cccnn3)CC2)s1)c1cc(OC(F)(F)F)ccc1F. The van der Waals surface area contributed by atoms with Crippen molar-refractivity contribution in [2.45, 2.75) is 38.1 Å². The van der Waals surface area contributed by atoms with Gasteiger partial charge in [-0.15, -0.1) is 23.4 Å². The van der Waals surface area contributed by atoms with Crippen LogP contribution in [-0.4, -0.2) is 39.8 Å². The highest BCUT2D eigenvalue weighted by Crippen LogP contribution is 2.33. The molecule has 1 aliphatic carbocycles. The minimum absolute atomic E-state index is 0.173. The highest BCUT2D eigenvalue weighted by atomic mass is 32.1. The number of amides is 1. The van der Waals surface area contributed by atoms with Gasteiger partial charge in [-0.1, -0.05) is 17.4 Å². The molecule has 190 valence electrons. The normalized spacial score (nSPS) is 16.8. The van der Waals surface area contributed by atoms with E-state index in [1.54, 1.807) is 6.20 Å². The van der Waals surface area contributed by atoms with E-state index in [1.165, 1.54) is 11.3 Å². The van der Waals surface area contributed by atoms with Crippen LogP contribution in [0.25, 0.3) is 5.57 Å². The predicted molar refractivity (Wildman–Crippen MR) is 122 cm³/mol. The number of rotatable bonds is 8. The second-order valence-corrected chi connectivity index (χ2v) is 9.08. The molecule has 0 bridgehead atoms. The topological polar surface area (TPSA) is 99.1 Å². The Hall–Kier alpha value is -3.45. The standard InChI is InChI=1S/C23H21F4N5O3S/c1-34-20(16-12-15(8-9-17(16)24)35-23(25,26)27)21(33)29-22-32-31-19(36-22)11-13-4-6-14(7-5-13)18-3-2-10-28-30-18/h2-3,6,8-10,12-13,20H,4-5,7,11H2,1H3,(H,29,32,33)/t13-,20-/m0/s1. The van der Waals surface area contributed by atoms with Crippen LogP contribution in [0.15, 0.2) is 42.6 Å². The van der Waals surface area contributed by atoms with Gasteiger partial charge >= 0.3 is 6.36 Å². The van der Waals surface area contributed by atoms with Crippen LogP contribution in [0.3, 0.4) is 0 Å². The molecule has 4 rings (SSSR count). The summed E-state index contributed by atoms with van der Waals surface area (Å²) in [6, 6.07) is 6.13. The summed E-state index contributed by atoms with van der Waals surface area (Å²) in [5.41, 5.74) is 1.62. The maximum absolute atomic E-state index is 14.3. The molecule has 1 amide bonds. The number of alkyl halides is 3. The van der Waals surface area contributed by atoms with E-state index in [0.29, 0.717) is 17.3 Å². The molecule has 2 atom stereocenters. The number of hydrogen-bond acceptors (Lipinski definition) is 8. The van der Waals surface area contributed by atoms with Crippen LogP contribution in [0.5, 0.6) is 5.75 Å². The number of allylic oxidation sites excluding steroid dienone is 2. The zero-order valence-electron chi connectivity index (χ0n) is 19.0. The number of hydrogen-bond donors (Lipinski definition) is 1. The van der Waals surface area contributed by atoms with Crippen LogP contribution in [0, 0.1) is 11.7 Å². The fraction of sp³-hybridized carbons (Fsp3) is 0.348. The number of anilines is 1. The number of nitrogens with zero attached hydrogens (tertiary/aromatic N) is 4.